The molecule has 1 aliphatic rings. The van der Waals surface area contributed by atoms with Gasteiger partial charge in [0.15, 0.2) is 11.5 Å². The zero-order chi connectivity index (χ0) is 25.1. The van der Waals surface area contributed by atoms with Gasteiger partial charge in [0.25, 0.3) is 11.7 Å². The first-order valence-corrected chi connectivity index (χ1v) is 11.3. The standard InChI is InChI=1S/C28H27NO6/c1-4-35-23-15-20(11-14-22(23)30)25-24(26(31)19-9-5-17(2)6-10-19)27(32)28(33)29(25)16-18-7-12-21(34-3)13-8-18/h5-15,25,30-31H,4,16H2,1-3H3/b26-24-. The number of nitrogens with zero attached hydrogens (tertiary/aromatic N) is 1. The maximum absolute atomic E-state index is 13.2. The highest BCUT2D eigenvalue weighted by Crippen LogP contribution is 2.42. The Morgan fingerprint density at radius 2 is 1.69 bits per heavy atom. The molecule has 1 aliphatic heterocycles. The first-order valence-electron chi connectivity index (χ1n) is 11.3. The van der Waals surface area contributed by atoms with Gasteiger partial charge in [-0.15, -0.1) is 0 Å². The van der Waals surface area contributed by atoms with Crippen molar-refractivity contribution >= 4 is 17.4 Å². The largest absolute Gasteiger partial charge is 0.507 e. The Morgan fingerprint density at radius 1 is 1.00 bits per heavy atom. The number of aryl methyl sites for hydroxylation is 1. The van der Waals surface area contributed by atoms with E-state index in [1.807, 2.05) is 31.2 Å². The summed E-state index contributed by atoms with van der Waals surface area (Å²) in [6.45, 7) is 4.17. The highest BCUT2D eigenvalue weighted by molar-refractivity contribution is 6.46. The lowest BCUT2D eigenvalue weighted by Gasteiger charge is -2.26. The Morgan fingerprint density at radius 3 is 2.31 bits per heavy atom. The fourth-order valence-electron chi connectivity index (χ4n) is 4.16. The number of aromatic hydroxyl groups is 1. The molecule has 0 saturated carbocycles. The van der Waals surface area contributed by atoms with Crippen molar-refractivity contribution in [2.75, 3.05) is 13.7 Å². The van der Waals surface area contributed by atoms with E-state index in [2.05, 4.69) is 0 Å². The fraction of sp³-hybridized carbons (Fsp3) is 0.214. The summed E-state index contributed by atoms with van der Waals surface area (Å²) >= 11 is 0. The van der Waals surface area contributed by atoms with Crippen LogP contribution in [0.4, 0.5) is 0 Å². The molecule has 1 fully saturated rings. The number of likely N-dealkylation sites (tertiary alicyclic amines) is 1. The highest BCUT2D eigenvalue weighted by Gasteiger charge is 2.46. The first-order chi connectivity index (χ1) is 16.8. The average molecular weight is 474 g/mol. The van der Waals surface area contributed by atoms with Gasteiger partial charge in [-0.2, -0.15) is 0 Å². The summed E-state index contributed by atoms with van der Waals surface area (Å²) in [6.07, 6.45) is 0. The number of amides is 1. The van der Waals surface area contributed by atoms with Crippen LogP contribution >= 0.6 is 0 Å². The van der Waals surface area contributed by atoms with Crippen molar-refractivity contribution < 1.29 is 29.3 Å². The number of phenolic OH excluding ortho intramolecular Hbond substituents is 1. The molecule has 1 amide bonds. The van der Waals surface area contributed by atoms with Gasteiger partial charge in [-0.25, -0.2) is 0 Å². The topological polar surface area (TPSA) is 96.3 Å². The molecule has 3 aromatic rings. The zero-order valence-electron chi connectivity index (χ0n) is 19.8. The third kappa shape index (κ3) is 4.71. The molecule has 0 radical (unpaired) electrons. The number of Topliss-reactive ketones (excluding diaryl/α,β-unsaturated/α-hetero) is 1. The van der Waals surface area contributed by atoms with Crippen molar-refractivity contribution in [1.82, 2.24) is 4.90 Å². The van der Waals surface area contributed by atoms with E-state index in [0.29, 0.717) is 23.5 Å². The first kappa shape index (κ1) is 23.9. The highest BCUT2D eigenvalue weighted by atomic mass is 16.5. The van der Waals surface area contributed by atoms with Gasteiger partial charge >= 0.3 is 0 Å². The molecular formula is C28H27NO6. The van der Waals surface area contributed by atoms with Crippen LogP contribution in [0, 0.1) is 6.92 Å². The molecule has 1 heterocycles. The number of hydrogen-bond donors (Lipinski definition) is 2. The Hall–Kier alpha value is -4.26. The van der Waals surface area contributed by atoms with Crippen molar-refractivity contribution in [3.63, 3.8) is 0 Å². The van der Waals surface area contributed by atoms with E-state index < -0.39 is 17.7 Å². The summed E-state index contributed by atoms with van der Waals surface area (Å²) in [6, 6.07) is 18.1. The molecule has 0 aliphatic carbocycles. The van der Waals surface area contributed by atoms with Crippen molar-refractivity contribution in [2.45, 2.75) is 26.4 Å². The van der Waals surface area contributed by atoms with Crippen LogP contribution < -0.4 is 9.47 Å². The predicted molar refractivity (Wildman–Crippen MR) is 131 cm³/mol. The molecule has 7 heteroatoms. The molecule has 1 unspecified atom stereocenters. The predicted octanol–water partition coefficient (Wildman–Crippen LogP) is 4.73. The number of carbonyl (C=O) groups excluding carboxylic acids is 2. The Kier molecular flexibility index (Phi) is 6.78. The monoisotopic (exact) mass is 473 g/mol. The van der Waals surface area contributed by atoms with Crippen LogP contribution in [0.1, 0.15) is 35.2 Å². The van der Waals surface area contributed by atoms with E-state index in [1.54, 1.807) is 50.4 Å². The molecule has 1 atom stereocenters. The van der Waals surface area contributed by atoms with Gasteiger partial charge in [0.1, 0.15) is 11.5 Å². The van der Waals surface area contributed by atoms with E-state index >= 15 is 0 Å². The molecule has 2 N–H and O–H groups in total. The third-order valence-corrected chi connectivity index (χ3v) is 5.98. The van der Waals surface area contributed by atoms with E-state index in [0.717, 1.165) is 11.1 Å². The molecule has 0 spiro atoms. The molecule has 3 aromatic carbocycles. The quantitative estimate of drug-likeness (QED) is 0.293. The van der Waals surface area contributed by atoms with E-state index in [9.17, 15) is 19.8 Å². The van der Waals surface area contributed by atoms with Crippen molar-refractivity contribution in [3.8, 4) is 17.2 Å². The maximum atomic E-state index is 13.2. The number of methoxy groups -OCH3 is 1. The SMILES string of the molecule is CCOc1cc(C2/C(=C(/O)c3ccc(C)cc3)C(=O)C(=O)N2Cc2ccc(OC)cc2)ccc1O. The lowest BCUT2D eigenvalue weighted by Crippen LogP contribution is -2.29. The number of benzene rings is 3. The second kappa shape index (κ2) is 9.93. The molecule has 35 heavy (non-hydrogen) atoms. The number of phenols is 1. The van der Waals surface area contributed by atoms with Crippen LogP contribution in [-0.2, 0) is 16.1 Å². The molecule has 7 nitrogen and oxygen atoms in total. The fourth-order valence-corrected chi connectivity index (χ4v) is 4.16. The molecule has 0 aromatic heterocycles. The zero-order valence-corrected chi connectivity index (χ0v) is 19.8. The average Bonchev–Trinajstić information content (AvgIpc) is 3.11. The van der Waals surface area contributed by atoms with Crippen LogP contribution in [-0.4, -0.2) is 40.5 Å². The lowest BCUT2D eigenvalue weighted by molar-refractivity contribution is -0.140. The summed E-state index contributed by atoms with van der Waals surface area (Å²) in [7, 11) is 1.57. The van der Waals surface area contributed by atoms with Gasteiger partial charge in [-0.05, 0) is 49.2 Å². The minimum atomic E-state index is -0.877. The van der Waals surface area contributed by atoms with Crippen LogP contribution in [0.15, 0.2) is 72.3 Å². The minimum absolute atomic E-state index is 0.0134. The number of hydrogen-bond acceptors (Lipinski definition) is 6. The third-order valence-electron chi connectivity index (χ3n) is 5.98. The summed E-state index contributed by atoms with van der Waals surface area (Å²) < 4.78 is 10.7. The number of carbonyl (C=O) groups is 2. The van der Waals surface area contributed by atoms with Crippen LogP contribution in [0.5, 0.6) is 17.2 Å². The summed E-state index contributed by atoms with van der Waals surface area (Å²) in [4.78, 5) is 27.9. The number of rotatable bonds is 7. The van der Waals surface area contributed by atoms with Gasteiger partial charge < -0.3 is 24.6 Å². The van der Waals surface area contributed by atoms with Gasteiger partial charge in [0, 0.05) is 12.1 Å². The number of aliphatic hydroxyl groups is 1. The van der Waals surface area contributed by atoms with Crippen LogP contribution in [0.2, 0.25) is 0 Å². The van der Waals surface area contributed by atoms with Crippen molar-refractivity contribution in [1.29, 1.82) is 0 Å². The van der Waals surface area contributed by atoms with Gasteiger partial charge in [0.2, 0.25) is 0 Å². The van der Waals surface area contributed by atoms with E-state index in [1.165, 1.54) is 11.0 Å². The van der Waals surface area contributed by atoms with Gasteiger partial charge in [-0.1, -0.05) is 48.0 Å². The number of ketones is 1. The smallest absolute Gasteiger partial charge is 0.295 e. The number of aliphatic hydroxyl groups excluding tert-OH is 1. The minimum Gasteiger partial charge on any atom is -0.507 e. The number of ether oxygens (including phenoxy) is 2. The molecule has 180 valence electrons. The maximum Gasteiger partial charge on any atom is 0.295 e. The summed E-state index contributed by atoms with van der Waals surface area (Å²) in [5.41, 5.74) is 2.75. The molecule has 1 saturated heterocycles. The Labute approximate surface area is 203 Å². The van der Waals surface area contributed by atoms with Crippen molar-refractivity contribution in [3.05, 3.63) is 94.6 Å². The molecule has 4 rings (SSSR count). The second-order valence-electron chi connectivity index (χ2n) is 8.30. The van der Waals surface area contributed by atoms with Gasteiger partial charge in [0.05, 0.1) is 25.3 Å². The van der Waals surface area contributed by atoms with Crippen molar-refractivity contribution in [2.24, 2.45) is 0 Å². The van der Waals surface area contributed by atoms with E-state index in [-0.39, 0.29) is 29.4 Å². The summed E-state index contributed by atoms with van der Waals surface area (Å²) in [5.74, 6) is -0.891. The van der Waals surface area contributed by atoms with Crippen LogP contribution in [0.25, 0.3) is 5.76 Å². The normalized spacial score (nSPS) is 17.0. The summed E-state index contributed by atoms with van der Waals surface area (Å²) in [5, 5.41) is 21.4. The lowest BCUT2D eigenvalue weighted by atomic mass is 9.94. The molecule has 0 bridgehead atoms. The second-order valence-corrected chi connectivity index (χ2v) is 8.30. The Balaban J connectivity index is 1.85. The van der Waals surface area contributed by atoms with Gasteiger partial charge in [-0.3, -0.25) is 9.59 Å². The van der Waals surface area contributed by atoms with E-state index in [4.69, 9.17) is 9.47 Å². The Bertz CT molecular complexity index is 1280. The molecular weight excluding hydrogens is 446 g/mol. The van der Waals surface area contributed by atoms with Crippen LogP contribution in [0.3, 0.4) is 0 Å².